The van der Waals surface area contributed by atoms with Crippen molar-refractivity contribution >= 4 is 11.8 Å². The van der Waals surface area contributed by atoms with Gasteiger partial charge in [0.15, 0.2) is 0 Å². The minimum Gasteiger partial charge on any atom is -0.467 e. The monoisotopic (exact) mass is 412 g/mol. The van der Waals surface area contributed by atoms with Crippen molar-refractivity contribution in [2.24, 2.45) is 0 Å². The number of carbonyl (C=O) groups is 2. The molecule has 30 heavy (non-hydrogen) atoms. The lowest BCUT2D eigenvalue weighted by Gasteiger charge is -2.32. The largest absolute Gasteiger partial charge is 0.467 e. The third-order valence-corrected chi connectivity index (χ3v) is 5.72. The number of hydrogen-bond acceptors (Lipinski definition) is 4. The smallest absolute Gasteiger partial charge is 0.254 e. The first-order valence-electron chi connectivity index (χ1n) is 10.8. The minimum absolute atomic E-state index is 0.0359. The van der Waals surface area contributed by atoms with Crippen LogP contribution in [-0.4, -0.2) is 53.5 Å². The van der Waals surface area contributed by atoms with E-state index in [1.54, 1.807) is 16.1 Å². The predicted molar refractivity (Wildman–Crippen MR) is 115 cm³/mol. The molecule has 6 heteroatoms. The molecule has 0 aliphatic carbocycles. The molecule has 6 nitrogen and oxygen atoms in total. The summed E-state index contributed by atoms with van der Waals surface area (Å²) >= 11 is 0. The zero-order chi connectivity index (χ0) is 21.5. The second-order valence-corrected chi connectivity index (χ2v) is 8.05. The van der Waals surface area contributed by atoms with Crippen LogP contribution in [0.1, 0.15) is 54.8 Å². The highest BCUT2D eigenvalue weighted by Crippen LogP contribution is 2.17. The van der Waals surface area contributed by atoms with Crippen molar-refractivity contribution in [3.8, 4) is 0 Å². The average Bonchev–Trinajstić information content (AvgIpc) is 3.45. The number of rotatable bonds is 9. The third kappa shape index (κ3) is 5.72. The normalized spacial score (nSPS) is 17.0. The van der Waals surface area contributed by atoms with Crippen molar-refractivity contribution in [2.75, 3.05) is 19.7 Å². The molecule has 2 unspecified atom stereocenters. The Hall–Kier alpha value is -2.60. The summed E-state index contributed by atoms with van der Waals surface area (Å²) in [6.07, 6.45) is 4.37. The van der Waals surface area contributed by atoms with Gasteiger partial charge >= 0.3 is 0 Å². The Labute approximate surface area is 178 Å². The van der Waals surface area contributed by atoms with Crippen molar-refractivity contribution in [1.82, 2.24) is 9.80 Å². The second-order valence-electron chi connectivity index (χ2n) is 8.05. The summed E-state index contributed by atoms with van der Waals surface area (Å²) < 4.78 is 11.2. The molecule has 3 rings (SSSR count). The lowest BCUT2D eigenvalue weighted by Crippen LogP contribution is -2.47. The van der Waals surface area contributed by atoms with Gasteiger partial charge < -0.3 is 19.0 Å². The quantitative estimate of drug-likeness (QED) is 0.624. The first-order valence-corrected chi connectivity index (χ1v) is 10.8. The fourth-order valence-corrected chi connectivity index (χ4v) is 3.64. The van der Waals surface area contributed by atoms with Crippen LogP contribution < -0.4 is 0 Å². The Kier molecular flexibility index (Phi) is 7.69. The minimum atomic E-state index is -0.118. The number of aryl methyl sites for hydroxylation is 1. The van der Waals surface area contributed by atoms with Crippen molar-refractivity contribution < 1.29 is 18.7 Å². The Morgan fingerprint density at radius 3 is 2.57 bits per heavy atom. The van der Waals surface area contributed by atoms with E-state index in [1.165, 1.54) is 0 Å². The SMILES string of the molecule is CCC(C)N(CC(=O)N(Cc1ccco1)CC1CCCO1)C(=O)c1ccc(C)cc1. The van der Waals surface area contributed by atoms with E-state index < -0.39 is 0 Å². The van der Waals surface area contributed by atoms with Crippen LogP contribution in [0.25, 0.3) is 0 Å². The molecule has 1 aliphatic heterocycles. The van der Waals surface area contributed by atoms with Gasteiger partial charge in [-0.1, -0.05) is 24.6 Å². The van der Waals surface area contributed by atoms with E-state index in [0.29, 0.717) is 18.7 Å². The van der Waals surface area contributed by atoms with Gasteiger partial charge in [-0.25, -0.2) is 0 Å². The molecule has 0 N–H and O–H groups in total. The third-order valence-electron chi connectivity index (χ3n) is 5.72. The molecule has 2 aromatic rings. The Morgan fingerprint density at radius 2 is 1.97 bits per heavy atom. The van der Waals surface area contributed by atoms with E-state index in [1.807, 2.05) is 57.2 Å². The number of benzene rings is 1. The number of nitrogens with zero attached hydrogens (tertiary/aromatic N) is 2. The summed E-state index contributed by atoms with van der Waals surface area (Å²) in [5.41, 5.74) is 1.70. The van der Waals surface area contributed by atoms with E-state index >= 15 is 0 Å². The van der Waals surface area contributed by atoms with Gasteiger partial charge in [-0.2, -0.15) is 0 Å². The van der Waals surface area contributed by atoms with Crippen molar-refractivity contribution in [2.45, 2.75) is 58.7 Å². The first-order chi connectivity index (χ1) is 14.5. The Balaban J connectivity index is 1.76. The second kappa shape index (κ2) is 10.4. The summed E-state index contributed by atoms with van der Waals surface area (Å²) in [4.78, 5) is 29.9. The lowest BCUT2D eigenvalue weighted by atomic mass is 10.1. The van der Waals surface area contributed by atoms with Crippen molar-refractivity contribution in [3.05, 3.63) is 59.5 Å². The maximum atomic E-state index is 13.3. The molecule has 1 fully saturated rings. The molecule has 0 radical (unpaired) electrons. The molecular formula is C24H32N2O4. The van der Waals surface area contributed by atoms with Crippen LogP contribution in [0, 0.1) is 6.92 Å². The van der Waals surface area contributed by atoms with Crippen molar-refractivity contribution in [3.63, 3.8) is 0 Å². The molecular weight excluding hydrogens is 380 g/mol. The molecule has 1 saturated heterocycles. The van der Waals surface area contributed by atoms with Crippen molar-refractivity contribution in [1.29, 1.82) is 0 Å². The molecule has 162 valence electrons. The summed E-state index contributed by atoms with van der Waals surface area (Å²) in [7, 11) is 0. The summed E-state index contributed by atoms with van der Waals surface area (Å²) in [6, 6.07) is 11.1. The molecule has 0 spiro atoms. The van der Waals surface area contributed by atoms with E-state index in [-0.39, 0.29) is 30.5 Å². The maximum absolute atomic E-state index is 13.3. The highest BCUT2D eigenvalue weighted by Gasteiger charge is 2.28. The molecule has 2 atom stereocenters. The van der Waals surface area contributed by atoms with Gasteiger partial charge in [0.2, 0.25) is 5.91 Å². The van der Waals surface area contributed by atoms with E-state index in [0.717, 1.165) is 37.2 Å². The number of furan rings is 1. The highest BCUT2D eigenvalue weighted by molar-refractivity contribution is 5.96. The lowest BCUT2D eigenvalue weighted by molar-refractivity contribution is -0.134. The van der Waals surface area contributed by atoms with Crippen LogP contribution in [0.4, 0.5) is 0 Å². The fourth-order valence-electron chi connectivity index (χ4n) is 3.64. The average molecular weight is 413 g/mol. The van der Waals surface area contributed by atoms with Crippen LogP contribution in [0.5, 0.6) is 0 Å². The molecule has 1 aromatic heterocycles. The molecule has 1 aromatic carbocycles. The number of hydrogen-bond donors (Lipinski definition) is 0. The Morgan fingerprint density at radius 1 is 1.20 bits per heavy atom. The Bertz CT molecular complexity index is 810. The number of carbonyl (C=O) groups excluding carboxylic acids is 2. The topological polar surface area (TPSA) is 63.0 Å². The van der Waals surface area contributed by atoms with Crippen LogP contribution in [0.2, 0.25) is 0 Å². The molecule has 2 heterocycles. The van der Waals surface area contributed by atoms with Gasteiger partial charge in [0, 0.05) is 24.8 Å². The first kappa shape index (κ1) is 22.1. The van der Waals surface area contributed by atoms with E-state index in [9.17, 15) is 9.59 Å². The highest BCUT2D eigenvalue weighted by atomic mass is 16.5. The van der Waals surface area contributed by atoms with Crippen LogP contribution in [0.3, 0.4) is 0 Å². The predicted octanol–water partition coefficient (Wildman–Crippen LogP) is 4.04. The van der Waals surface area contributed by atoms with Gasteiger partial charge in [0.25, 0.3) is 5.91 Å². The summed E-state index contributed by atoms with van der Waals surface area (Å²) in [5.74, 6) is 0.511. The van der Waals surface area contributed by atoms with Gasteiger partial charge in [-0.05, 0) is 57.4 Å². The van der Waals surface area contributed by atoms with Gasteiger partial charge in [-0.15, -0.1) is 0 Å². The standard InChI is InChI=1S/C24H32N2O4/c1-4-19(3)26(24(28)20-11-9-18(2)10-12-20)17-23(27)25(15-21-7-5-13-29-21)16-22-8-6-14-30-22/h5,7,9-13,19,22H,4,6,8,14-17H2,1-3H3. The van der Waals surface area contributed by atoms with Crippen LogP contribution >= 0.6 is 0 Å². The van der Waals surface area contributed by atoms with Gasteiger partial charge in [0.05, 0.1) is 18.9 Å². The molecule has 0 saturated carbocycles. The van der Waals surface area contributed by atoms with Crippen LogP contribution in [0.15, 0.2) is 47.1 Å². The zero-order valence-electron chi connectivity index (χ0n) is 18.2. The fraction of sp³-hybridized carbons (Fsp3) is 0.500. The molecule has 1 aliphatic rings. The van der Waals surface area contributed by atoms with E-state index in [4.69, 9.17) is 9.15 Å². The van der Waals surface area contributed by atoms with Gasteiger partial charge in [-0.3, -0.25) is 9.59 Å². The molecule has 2 amide bonds. The van der Waals surface area contributed by atoms with Crippen LogP contribution in [-0.2, 0) is 16.1 Å². The van der Waals surface area contributed by atoms with E-state index in [2.05, 4.69) is 0 Å². The maximum Gasteiger partial charge on any atom is 0.254 e. The number of amides is 2. The summed E-state index contributed by atoms with van der Waals surface area (Å²) in [6.45, 7) is 7.65. The van der Waals surface area contributed by atoms with Gasteiger partial charge in [0.1, 0.15) is 12.3 Å². The number of ether oxygens (including phenoxy) is 1. The summed E-state index contributed by atoms with van der Waals surface area (Å²) in [5, 5.41) is 0. The molecule has 0 bridgehead atoms. The zero-order valence-corrected chi connectivity index (χ0v) is 18.2.